The fourth-order valence-corrected chi connectivity index (χ4v) is 4.66. The molecule has 18 heavy (non-hydrogen) atoms. The van der Waals surface area contributed by atoms with Crippen LogP contribution in [0.1, 0.15) is 64.1 Å². The standard InChI is InChI=1S/C15H24N2S/c1-9(2)14-8-16-15(18)17(14)10(3)13-7-11-4-5-12(13)6-11/h8-13H,4-7H2,1-3H3,(H,16,18). The summed E-state index contributed by atoms with van der Waals surface area (Å²) in [6.45, 7) is 6.88. The van der Waals surface area contributed by atoms with Crippen LogP contribution in [0.4, 0.5) is 0 Å². The molecule has 4 unspecified atom stereocenters. The lowest BCUT2D eigenvalue weighted by atomic mass is 9.83. The average molecular weight is 264 g/mol. The zero-order valence-electron chi connectivity index (χ0n) is 11.6. The largest absolute Gasteiger partial charge is 0.337 e. The lowest BCUT2D eigenvalue weighted by Crippen LogP contribution is -2.23. The van der Waals surface area contributed by atoms with Gasteiger partial charge in [-0.1, -0.05) is 20.3 Å². The van der Waals surface area contributed by atoms with Crippen LogP contribution in [0, 0.1) is 22.5 Å². The summed E-state index contributed by atoms with van der Waals surface area (Å²) in [5.41, 5.74) is 1.37. The van der Waals surface area contributed by atoms with E-state index in [4.69, 9.17) is 12.2 Å². The van der Waals surface area contributed by atoms with Gasteiger partial charge in [0.05, 0.1) is 0 Å². The average Bonchev–Trinajstić information content (AvgIpc) is 3.01. The third-order valence-electron chi connectivity index (χ3n) is 5.25. The minimum Gasteiger partial charge on any atom is -0.337 e. The predicted octanol–water partition coefficient (Wildman–Crippen LogP) is 4.67. The molecule has 0 aromatic carbocycles. The van der Waals surface area contributed by atoms with E-state index in [1.165, 1.54) is 31.4 Å². The van der Waals surface area contributed by atoms with Crippen molar-refractivity contribution in [2.75, 3.05) is 0 Å². The van der Waals surface area contributed by atoms with E-state index in [-0.39, 0.29) is 0 Å². The number of hydrogen-bond acceptors (Lipinski definition) is 1. The van der Waals surface area contributed by atoms with E-state index in [9.17, 15) is 0 Å². The van der Waals surface area contributed by atoms with Gasteiger partial charge in [-0.25, -0.2) is 0 Å². The van der Waals surface area contributed by atoms with E-state index in [1.807, 2.05) is 0 Å². The van der Waals surface area contributed by atoms with Gasteiger partial charge in [0.25, 0.3) is 0 Å². The van der Waals surface area contributed by atoms with Crippen LogP contribution < -0.4 is 0 Å². The van der Waals surface area contributed by atoms with Gasteiger partial charge in [-0.05, 0) is 62.1 Å². The number of aromatic nitrogens is 2. The molecule has 1 heterocycles. The van der Waals surface area contributed by atoms with Crippen molar-refractivity contribution in [1.29, 1.82) is 0 Å². The molecule has 2 fully saturated rings. The number of fused-ring (bicyclic) bond motifs is 2. The van der Waals surface area contributed by atoms with Crippen LogP contribution in [0.25, 0.3) is 0 Å². The molecule has 2 aliphatic rings. The first-order valence-corrected chi connectivity index (χ1v) is 7.78. The fraction of sp³-hybridized carbons (Fsp3) is 0.800. The Hall–Kier alpha value is -0.570. The van der Waals surface area contributed by atoms with Crippen LogP contribution in [0.15, 0.2) is 6.20 Å². The summed E-state index contributed by atoms with van der Waals surface area (Å²) in [6, 6.07) is 0.566. The number of nitrogens with one attached hydrogen (secondary N) is 1. The molecule has 2 saturated carbocycles. The summed E-state index contributed by atoms with van der Waals surface area (Å²) >= 11 is 5.50. The first kappa shape index (κ1) is 12.5. The topological polar surface area (TPSA) is 20.7 Å². The lowest BCUT2D eigenvalue weighted by Gasteiger charge is -2.30. The Labute approximate surface area is 115 Å². The Bertz CT molecular complexity index is 485. The zero-order chi connectivity index (χ0) is 12.9. The number of nitrogens with zero attached hydrogens (tertiary/aromatic N) is 1. The highest BCUT2D eigenvalue weighted by molar-refractivity contribution is 7.71. The molecule has 1 aromatic rings. The van der Waals surface area contributed by atoms with E-state index in [2.05, 4.69) is 36.5 Å². The minimum absolute atomic E-state index is 0.541. The van der Waals surface area contributed by atoms with Gasteiger partial charge in [0.1, 0.15) is 0 Å². The van der Waals surface area contributed by atoms with Crippen molar-refractivity contribution in [2.24, 2.45) is 17.8 Å². The second-order valence-corrected chi connectivity index (χ2v) is 7.01. The molecule has 2 aliphatic carbocycles. The summed E-state index contributed by atoms with van der Waals surface area (Å²) in [7, 11) is 0. The maximum atomic E-state index is 5.50. The number of imidazole rings is 1. The van der Waals surface area contributed by atoms with Crippen molar-refractivity contribution in [3.63, 3.8) is 0 Å². The van der Waals surface area contributed by atoms with Crippen molar-refractivity contribution in [3.05, 3.63) is 16.7 Å². The van der Waals surface area contributed by atoms with Gasteiger partial charge in [0.2, 0.25) is 0 Å². The molecule has 0 radical (unpaired) electrons. The maximum absolute atomic E-state index is 5.50. The van der Waals surface area contributed by atoms with Crippen molar-refractivity contribution in [1.82, 2.24) is 9.55 Å². The van der Waals surface area contributed by atoms with Gasteiger partial charge in [-0.3, -0.25) is 0 Å². The molecular weight excluding hydrogens is 240 g/mol. The Morgan fingerprint density at radius 1 is 1.28 bits per heavy atom. The zero-order valence-corrected chi connectivity index (χ0v) is 12.5. The molecular formula is C15H24N2S. The van der Waals surface area contributed by atoms with Crippen molar-refractivity contribution >= 4 is 12.2 Å². The van der Waals surface area contributed by atoms with Crippen LogP contribution in [0.3, 0.4) is 0 Å². The van der Waals surface area contributed by atoms with Crippen LogP contribution in [-0.4, -0.2) is 9.55 Å². The van der Waals surface area contributed by atoms with Crippen LogP contribution >= 0.6 is 12.2 Å². The molecule has 1 N–H and O–H groups in total. The highest BCUT2D eigenvalue weighted by Gasteiger charge is 2.42. The van der Waals surface area contributed by atoms with E-state index in [1.54, 1.807) is 0 Å². The summed E-state index contributed by atoms with van der Waals surface area (Å²) in [6.07, 6.45) is 7.94. The summed E-state index contributed by atoms with van der Waals surface area (Å²) < 4.78 is 3.31. The highest BCUT2D eigenvalue weighted by Crippen LogP contribution is 2.52. The van der Waals surface area contributed by atoms with Gasteiger partial charge in [-0.2, -0.15) is 0 Å². The molecule has 3 heteroatoms. The number of rotatable bonds is 3. The van der Waals surface area contributed by atoms with Crippen molar-refractivity contribution in [3.8, 4) is 0 Å². The molecule has 4 atom stereocenters. The van der Waals surface area contributed by atoms with E-state index in [0.717, 1.165) is 22.5 Å². The van der Waals surface area contributed by atoms with E-state index >= 15 is 0 Å². The van der Waals surface area contributed by atoms with Gasteiger partial charge < -0.3 is 9.55 Å². The quantitative estimate of drug-likeness (QED) is 0.787. The Kier molecular flexibility index (Phi) is 3.13. The maximum Gasteiger partial charge on any atom is 0.177 e. The minimum atomic E-state index is 0.541. The van der Waals surface area contributed by atoms with Crippen molar-refractivity contribution < 1.29 is 0 Å². The number of H-pyrrole nitrogens is 1. The molecule has 2 bridgehead atoms. The number of hydrogen-bond donors (Lipinski definition) is 1. The molecule has 0 aliphatic heterocycles. The van der Waals surface area contributed by atoms with Crippen LogP contribution in [-0.2, 0) is 0 Å². The first-order valence-electron chi connectivity index (χ1n) is 7.37. The van der Waals surface area contributed by atoms with Crippen molar-refractivity contribution in [2.45, 2.75) is 58.4 Å². The van der Waals surface area contributed by atoms with Gasteiger partial charge in [0.15, 0.2) is 4.77 Å². The fourth-order valence-electron chi connectivity index (χ4n) is 4.33. The summed E-state index contributed by atoms with van der Waals surface area (Å²) in [4.78, 5) is 3.24. The Morgan fingerprint density at radius 2 is 2.06 bits per heavy atom. The molecule has 0 amide bonds. The van der Waals surface area contributed by atoms with E-state index in [0.29, 0.717) is 12.0 Å². The van der Waals surface area contributed by atoms with Gasteiger partial charge in [0, 0.05) is 17.9 Å². The lowest BCUT2D eigenvalue weighted by molar-refractivity contribution is 0.237. The second-order valence-electron chi connectivity index (χ2n) is 6.62. The molecule has 0 spiro atoms. The first-order chi connectivity index (χ1) is 8.58. The third-order valence-corrected chi connectivity index (χ3v) is 5.57. The molecule has 3 rings (SSSR count). The molecule has 2 nitrogen and oxygen atoms in total. The van der Waals surface area contributed by atoms with E-state index < -0.39 is 0 Å². The van der Waals surface area contributed by atoms with Crippen LogP contribution in [0.5, 0.6) is 0 Å². The Morgan fingerprint density at radius 3 is 2.61 bits per heavy atom. The summed E-state index contributed by atoms with van der Waals surface area (Å²) in [5.74, 6) is 3.36. The van der Waals surface area contributed by atoms with Gasteiger partial charge in [-0.15, -0.1) is 0 Å². The smallest absolute Gasteiger partial charge is 0.177 e. The molecule has 1 aromatic heterocycles. The third kappa shape index (κ3) is 1.87. The monoisotopic (exact) mass is 264 g/mol. The Balaban J connectivity index is 1.90. The highest BCUT2D eigenvalue weighted by atomic mass is 32.1. The second kappa shape index (κ2) is 4.52. The van der Waals surface area contributed by atoms with Gasteiger partial charge >= 0.3 is 0 Å². The van der Waals surface area contributed by atoms with Crippen LogP contribution in [0.2, 0.25) is 0 Å². The molecule has 0 saturated heterocycles. The number of aromatic amines is 1. The predicted molar refractivity (Wildman–Crippen MR) is 77.4 cm³/mol. The summed E-state index contributed by atoms with van der Waals surface area (Å²) in [5, 5.41) is 0. The normalized spacial score (nSPS) is 32.3. The SMILES string of the molecule is CC(C)c1c[nH]c(=S)n1C(C)C1CC2CCC1C2. The molecule has 100 valence electrons.